The summed E-state index contributed by atoms with van der Waals surface area (Å²) in [5.74, 6) is -0.326. The lowest BCUT2D eigenvalue weighted by molar-refractivity contribution is 0.458. The summed E-state index contributed by atoms with van der Waals surface area (Å²) in [6.07, 6.45) is 0. The maximum absolute atomic E-state index is 13.6. The summed E-state index contributed by atoms with van der Waals surface area (Å²) in [4.78, 5) is 0. The summed E-state index contributed by atoms with van der Waals surface area (Å²) in [5.41, 5.74) is 5.82. The van der Waals surface area contributed by atoms with Gasteiger partial charge in [-0.15, -0.1) is 0 Å². The molecule has 0 aliphatic rings. The van der Waals surface area contributed by atoms with Crippen LogP contribution in [0.25, 0.3) is 0 Å². The summed E-state index contributed by atoms with van der Waals surface area (Å²) in [6.45, 7) is 1.75. The molecule has 0 fully saturated rings. The molecular formula is C12H10ClF2NO. The fourth-order valence-corrected chi connectivity index (χ4v) is 1.70. The van der Waals surface area contributed by atoms with E-state index in [9.17, 15) is 8.78 Å². The molecule has 0 radical (unpaired) electrons. The van der Waals surface area contributed by atoms with E-state index in [1.165, 1.54) is 0 Å². The van der Waals surface area contributed by atoms with Gasteiger partial charge in [-0.1, -0.05) is 11.6 Å². The van der Waals surface area contributed by atoms with E-state index < -0.39 is 17.7 Å². The molecular weight excluding hydrogens is 248 g/mol. The monoisotopic (exact) mass is 257 g/mol. The predicted octanol–water partition coefficient (Wildman–Crippen LogP) is 3.57. The van der Waals surface area contributed by atoms with Crippen molar-refractivity contribution in [2.75, 3.05) is 0 Å². The average molecular weight is 258 g/mol. The zero-order chi connectivity index (χ0) is 12.6. The van der Waals surface area contributed by atoms with Gasteiger partial charge in [0.05, 0.1) is 11.1 Å². The molecule has 1 unspecified atom stereocenters. The van der Waals surface area contributed by atoms with E-state index in [0.29, 0.717) is 11.5 Å². The van der Waals surface area contributed by atoms with Gasteiger partial charge in [0.2, 0.25) is 0 Å². The Bertz CT molecular complexity index is 553. The molecule has 0 bridgehead atoms. The van der Waals surface area contributed by atoms with Gasteiger partial charge in [-0.25, -0.2) is 8.78 Å². The van der Waals surface area contributed by atoms with Gasteiger partial charge in [0.1, 0.15) is 23.2 Å². The Morgan fingerprint density at radius 3 is 2.53 bits per heavy atom. The molecule has 2 rings (SSSR count). The number of aryl methyl sites for hydroxylation is 1. The lowest BCUT2D eigenvalue weighted by Crippen LogP contribution is -2.13. The van der Waals surface area contributed by atoms with E-state index in [0.717, 1.165) is 12.1 Å². The third kappa shape index (κ3) is 2.33. The highest BCUT2D eigenvalue weighted by Crippen LogP contribution is 2.27. The van der Waals surface area contributed by atoms with Gasteiger partial charge in [0.15, 0.2) is 0 Å². The number of nitrogens with two attached hydrogens (primary N) is 1. The molecule has 2 nitrogen and oxygen atoms in total. The maximum atomic E-state index is 13.6. The van der Waals surface area contributed by atoms with E-state index in [-0.39, 0.29) is 10.6 Å². The molecule has 0 saturated carbocycles. The second kappa shape index (κ2) is 4.47. The Kier molecular flexibility index (Phi) is 3.17. The Morgan fingerprint density at radius 2 is 1.94 bits per heavy atom. The fraction of sp³-hybridized carbons (Fsp3) is 0.167. The molecule has 90 valence electrons. The predicted molar refractivity (Wildman–Crippen MR) is 60.8 cm³/mol. The second-order valence-electron chi connectivity index (χ2n) is 3.71. The zero-order valence-corrected chi connectivity index (χ0v) is 9.76. The first-order chi connectivity index (χ1) is 7.99. The minimum atomic E-state index is -0.851. The van der Waals surface area contributed by atoms with Crippen LogP contribution in [0.5, 0.6) is 0 Å². The van der Waals surface area contributed by atoms with Crippen molar-refractivity contribution in [3.63, 3.8) is 0 Å². The topological polar surface area (TPSA) is 39.2 Å². The number of furan rings is 1. The van der Waals surface area contributed by atoms with Gasteiger partial charge in [0.25, 0.3) is 0 Å². The van der Waals surface area contributed by atoms with Gasteiger partial charge in [-0.2, -0.15) is 0 Å². The number of hydrogen-bond donors (Lipinski definition) is 1. The van der Waals surface area contributed by atoms with Gasteiger partial charge >= 0.3 is 0 Å². The van der Waals surface area contributed by atoms with Crippen LogP contribution in [-0.2, 0) is 0 Å². The van der Waals surface area contributed by atoms with Crippen LogP contribution in [0.3, 0.4) is 0 Å². The van der Waals surface area contributed by atoms with Crippen molar-refractivity contribution in [2.24, 2.45) is 5.73 Å². The molecule has 0 aliphatic carbocycles. The van der Waals surface area contributed by atoms with Crippen molar-refractivity contribution in [3.8, 4) is 0 Å². The minimum Gasteiger partial charge on any atom is -0.464 e. The van der Waals surface area contributed by atoms with E-state index >= 15 is 0 Å². The summed E-state index contributed by atoms with van der Waals surface area (Å²) in [7, 11) is 0. The largest absolute Gasteiger partial charge is 0.464 e. The van der Waals surface area contributed by atoms with E-state index in [2.05, 4.69) is 0 Å². The first-order valence-corrected chi connectivity index (χ1v) is 5.33. The molecule has 0 spiro atoms. The Morgan fingerprint density at radius 1 is 1.24 bits per heavy atom. The van der Waals surface area contributed by atoms with Crippen LogP contribution in [0.4, 0.5) is 8.78 Å². The first kappa shape index (κ1) is 12.1. The van der Waals surface area contributed by atoms with E-state index in [1.54, 1.807) is 19.1 Å². The quantitative estimate of drug-likeness (QED) is 0.836. The lowest BCUT2D eigenvalue weighted by atomic mass is 10.0. The normalized spacial score (nSPS) is 12.8. The summed E-state index contributed by atoms with van der Waals surface area (Å²) in [5, 5.41) is -0.269. The van der Waals surface area contributed by atoms with Gasteiger partial charge in [-0.3, -0.25) is 0 Å². The number of rotatable bonds is 2. The first-order valence-electron chi connectivity index (χ1n) is 4.95. The Labute approximate surface area is 102 Å². The molecule has 1 heterocycles. The van der Waals surface area contributed by atoms with Crippen molar-refractivity contribution < 1.29 is 13.2 Å². The third-order valence-corrected chi connectivity index (χ3v) is 2.73. The Hall–Kier alpha value is -1.39. The van der Waals surface area contributed by atoms with Gasteiger partial charge < -0.3 is 10.2 Å². The molecule has 0 aliphatic heterocycles. The molecule has 1 aromatic heterocycles. The molecule has 1 aromatic carbocycles. The minimum absolute atomic E-state index is 0.0150. The molecule has 2 aromatic rings. The summed E-state index contributed by atoms with van der Waals surface area (Å²) in [6, 6.07) is 4.38. The van der Waals surface area contributed by atoms with Gasteiger partial charge in [0, 0.05) is 5.56 Å². The number of halogens is 3. The number of benzene rings is 1. The SMILES string of the molecule is Cc1ccc(C(N)c2cc(F)c(Cl)cc2F)o1. The van der Waals surface area contributed by atoms with Crippen LogP contribution in [0.1, 0.15) is 23.1 Å². The highest BCUT2D eigenvalue weighted by Gasteiger charge is 2.19. The smallest absolute Gasteiger partial charge is 0.142 e. The molecule has 1 atom stereocenters. The van der Waals surface area contributed by atoms with Crippen molar-refractivity contribution in [1.82, 2.24) is 0 Å². The van der Waals surface area contributed by atoms with E-state index in [1.807, 2.05) is 0 Å². The zero-order valence-electron chi connectivity index (χ0n) is 9.01. The third-order valence-electron chi connectivity index (χ3n) is 2.44. The number of hydrogen-bond acceptors (Lipinski definition) is 2. The molecule has 2 N–H and O–H groups in total. The second-order valence-corrected chi connectivity index (χ2v) is 4.12. The fourth-order valence-electron chi connectivity index (χ4n) is 1.55. The van der Waals surface area contributed by atoms with Crippen LogP contribution in [0.15, 0.2) is 28.7 Å². The van der Waals surface area contributed by atoms with Crippen molar-refractivity contribution >= 4 is 11.6 Å². The molecule has 0 amide bonds. The maximum Gasteiger partial charge on any atom is 0.142 e. The summed E-state index contributed by atoms with van der Waals surface area (Å²) < 4.78 is 32.1. The average Bonchev–Trinajstić information content (AvgIpc) is 2.69. The highest BCUT2D eigenvalue weighted by molar-refractivity contribution is 6.30. The van der Waals surface area contributed by atoms with Crippen LogP contribution >= 0.6 is 11.6 Å². The van der Waals surface area contributed by atoms with Crippen molar-refractivity contribution in [1.29, 1.82) is 0 Å². The van der Waals surface area contributed by atoms with Crippen molar-refractivity contribution in [2.45, 2.75) is 13.0 Å². The summed E-state index contributed by atoms with van der Waals surface area (Å²) >= 11 is 5.46. The molecule has 17 heavy (non-hydrogen) atoms. The Balaban J connectivity index is 2.43. The highest BCUT2D eigenvalue weighted by atomic mass is 35.5. The van der Waals surface area contributed by atoms with Crippen molar-refractivity contribution in [3.05, 3.63) is 58.0 Å². The van der Waals surface area contributed by atoms with E-state index in [4.69, 9.17) is 21.8 Å². The standard InChI is InChI=1S/C12H10ClF2NO/c1-6-2-3-11(17-6)12(16)7-4-10(15)8(13)5-9(7)14/h2-5,12H,16H2,1H3. The van der Waals surface area contributed by atoms with Gasteiger partial charge in [-0.05, 0) is 31.2 Å². The van der Waals surface area contributed by atoms with Crippen LogP contribution in [0.2, 0.25) is 5.02 Å². The van der Waals surface area contributed by atoms with Crippen LogP contribution < -0.4 is 5.73 Å². The molecule has 5 heteroatoms. The van der Waals surface area contributed by atoms with Crippen LogP contribution in [-0.4, -0.2) is 0 Å². The molecule has 0 saturated heterocycles. The van der Waals surface area contributed by atoms with Crippen LogP contribution in [0, 0.1) is 18.6 Å². The lowest BCUT2D eigenvalue weighted by Gasteiger charge is -2.11.